The molecule has 0 amide bonds. The normalized spacial score (nSPS) is 32.5. The summed E-state index contributed by atoms with van der Waals surface area (Å²) in [6.45, 7) is 1.03. The van der Waals surface area contributed by atoms with E-state index >= 15 is 0 Å². The van der Waals surface area contributed by atoms with Crippen molar-refractivity contribution >= 4 is 12.4 Å². The highest BCUT2D eigenvalue weighted by molar-refractivity contribution is 5.85. The zero-order valence-corrected chi connectivity index (χ0v) is 8.84. The highest BCUT2D eigenvalue weighted by Gasteiger charge is 2.41. The molecular formula is C10H19ClFN. The van der Waals surface area contributed by atoms with E-state index in [0.29, 0.717) is 0 Å². The van der Waals surface area contributed by atoms with Crippen LogP contribution in [-0.4, -0.2) is 18.3 Å². The topological polar surface area (TPSA) is 12.0 Å². The molecule has 2 rings (SSSR count). The lowest BCUT2D eigenvalue weighted by molar-refractivity contribution is 0.0720. The maximum atomic E-state index is 13.7. The van der Waals surface area contributed by atoms with E-state index < -0.39 is 6.17 Å². The molecule has 3 heteroatoms. The Bertz CT molecular complexity index is 149. The molecule has 1 nitrogen and oxygen atoms in total. The number of piperidine rings is 1. The van der Waals surface area contributed by atoms with Crippen LogP contribution in [0.2, 0.25) is 0 Å². The third-order valence-electron chi connectivity index (χ3n) is 3.46. The molecule has 1 spiro atoms. The molecule has 1 heterocycles. The van der Waals surface area contributed by atoms with E-state index in [4.69, 9.17) is 0 Å². The molecule has 0 bridgehead atoms. The van der Waals surface area contributed by atoms with Crippen molar-refractivity contribution in [1.29, 1.82) is 0 Å². The van der Waals surface area contributed by atoms with E-state index in [2.05, 4.69) is 5.32 Å². The number of hydrogen-bond donors (Lipinski definition) is 1. The van der Waals surface area contributed by atoms with Crippen molar-refractivity contribution in [3.63, 3.8) is 0 Å². The van der Waals surface area contributed by atoms with Gasteiger partial charge in [0.15, 0.2) is 0 Å². The van der Waals surface area contributed by atoms with Crippen LogP contribution in [0.25, 0.3) is 0 Å². The predicted octanol–water partition coefficient (Wildman–Crippen LogP) is 2.83. The molecule has 0 aromatic rings. The van der Waals surface area contributed by atoms with E-state index in [1.54, 1.807) is 0 Å². The summed E-state index contributed by atoms with van der Waals surface area (Å²) >= 11 is 0. The van der Waals surface area contributed by atoms with Gasteiger partial charge in [0.2, 0.25) is 0 Å². The molecular weight excluding hydrogens is 189 g/mol. The minimum atomic E-state index is -0.577. The molecule has 1 aliphatic carbocycles. The van der Waals surface area contributed by atoms with Crippen LogP contribution in [0.5, 0.6) is 0 Å². The molecule has 1 N–H and O–H groups in total. The van der Waals surface area contributed by atoms with E-state index in [1.165, 1.54) is 19.3 Å². The van der Waals surface area contributed by atoms with Gasteiger partial charge in [-0.2, -0.15) is 0 Å². The lowest BCUT2D eigenvalue weighted by Gasteiger charge is -2.43. The lowest BCUT2D eigenvalue weighted by atomic mass is 9.75. The molecule has 0 aromatic heterocycles. The number of hydrogen-bond acceptors (Lipinski definition) is 1. The smallest absolute Gasteiger partial charge is 0.118 e. The van der Waals surface area contributed by atoms with Crippen LogP contribution in [0.3, 0.4) is 0 Å². The second kappa shape index (κ2) is 4.61. The fraction of sp³-hybridized carbons (Fsp3) is 1.00. The molecule has 2 aliphatic rings. The van der Waals surface area contributed by atoms with Crippen LogP contribution in [0.15, 0.2) is 0 Å². The summed E-state index contributed by atoms with van der Waals surface area (Å²) in [5.74, 6) is 0. The predicted molar refractivity (Wildman–Crippen MR) is 55.2 cm³/mol. The van der Waals surface area contributed by atoms with Crippen LogP contribution in [0.4, 0.5) is 4.39 Å². The van der Waals surface area contributed by atoms with Crippen LogP contribution in [0, 0.1) is 0 Å². The Labute approximate surface area is 85.9 Å². The second-order valence-electron chi connectivity index (χ2n) is 4.25. The van der Waals surface area contributed by atoms with Crippen LogP contribution >= 0.6 is 12.4 Å². The standard InChI is InChI=1S/C10H18FN.ClH/c11-9-5-4-8-12-10(9)6-2-1-3-7-10;/h9,12H,1-8H2;1H. The quantitative estimate of drug-likeness (QED) is 0.644. The van der Waals surface area contributed by atoms with E-state index in [9.17, 15) is 4.39 Å². The van der Waals surface area contributed by atoms with Crippen molar-refractivity contribution < 1.29 is 4.39 Å². The third kappa shape index (κ3) is 2.16. The summed E-state index contributed by atoms with van der Waals surface area (Å²) in [7, 11) is 0. The first-order valence-electron chi connectivity index (χ1n) is 5.23. The van der Waals surface area contributed by atoms with E-state index in [1.807, 2.05) is 0 Å². The first kappa shape index (κ1) is 11.3. The average molecular weight is 208 g/mol. The van der Waals surface area contributed by atoms with Gasteiger partial charge in [-0.05, 0) is 32.2 Å². The van der Waals surface area contributed by atoms with Crippen molar-refractivity contribution in [2.75, 3.05) is 6.54 Å². The molecule has 2 fully saturated rings. The Balaban J connectivity index is 0.000000845. The molecule has 1 atom stereocenters. The van der Waals surface area contributed by atoms with Gasteiger partial charge in [0.05, 0.1) is 0 Å². The van der Waals surface area contributed by atoms with Gasteiger partial charge in [0.25, 0.3) is 0 Å². The lowest BCUT2D eigenvalue weighted by Crippen LogP contribution is -2.57. The van der Waals surface area contributed by atoms with Crippen molar-refractivity contribution in [1.82, 2.24) is 5.32 Å². The highest BCUT2D eigenvalue weighted by atomic mass is 35.5. The molecule has 1 aliphatic heterocycles. The summed E-state index contributed by atoms with van der Waals surface area (Å²) in [6.07, 6.45) is 7.08. The zero-order valence-electron chi connectivity index (χ0n) is 8.02. The molecule has 0 radical (unpaired) electrons. The number of halogens is 2. The number of nitrogens with one attached hydrogen (secondary N) is 1. The fourth-order valence-electron chi connectivity index (χ4n) is 2.68. The Morgan fingerprint density at radius 2 is 1.77 bits per heavy atom. The summed E-state index contributed by atoms with van der Waals surface area (Å²) in [5, 5.41) is 3.41. The summed E-state index contributed by atoms with van der Waals surface area (Å²) < 4.78 is 13.7. The molecule has 78 valence electrons. The van der Waals surface area contributed by atoms with Crippen LogP contribution in [0.1, 0.15) is 44.9 Å². The van der Waals surface area contributed by atoms with E-state index in [0.717, 1.165) is 32.2 Å². The van der Waals surface area contributed by atoms with Gasteiger partial charge >= 0.3 is 0 Å². The van der Waals surface area contributed by atoms with Crippen molar-refractivity contribution in [3.05, 3.63) is 0 Å². The zero-order chi connectivity index (χ0) is 8.44. The molecule has 1 saturated carbocycles. The third-order valence-corrected chi connectivity index (χ3v) is 3.46. The monoisotopic (exact) mass is 207 g/mol. The highest BCUT2D eigenvalue weighted by Crippen LogP contribution is 2.36. The largest absolute Gasteiger partial charge is 0.309 e. The van der Waals surface area contributed by atoms with E-state index in [-0.39, 0.29) is 17.9 Å². The van der Waals surface area contributed by atoms with Gasteiger partial charge in [-0.3, -0.25) is 0 Å². The number of alkyl halides is 1. The maximum Gasteiger partial charge on any atom is 0.118 e. The number of rotatable bonds is 0. The van der Waals surface area contributed by atoms with Gasteiger partial charge < -0.3 is 5.32 Å². The van der Waals surface area contributed by atoms with Crippen LogP contribution in [-0.2, 0) is 0 Å². The Hall–Kier alpha value is 0.180. The van der Waals surface area contributed by atoms with Gasteiger partial charge in [-0.15, -0.1) is 12.4 Å². The van der Waals surface area contributed by atoms with Gasteiger partial charge in [-0.1, -0.05) is 19.3 Å². The summed E-state index contributed by atoms with van der Waals surface area (Å²) in [6, 6.07) is 0. The van der Waals surface area contributed by atoms with Crippen LogP contribution < -0.4 is 5.32 Å². The van der Waals surface area contributed by atoms with Crippen molar-refractivity contribution in [2.24, 2.45) is 0 Å². The minimum absolute atomic E-state index is 0. The Morgan fingerprint density at radius 3 is 2.38 bits per heavy atom. The molecule has 0 aromatic carbocycles. The minimum Gasteiger partial charge on any atom is -0.309 e. The Morgan fingerprint density at radius 1 is 1.08 bits per heavy atom. The van der Waals surface area contributed by atoms with Crippen molar-refractivity contribution in [3.8, 4) is 0 Å². The summed E-state index contributed by atoms with van der Waals surface area (Å²) in [4.78, 5) is 0. The molecule has 1 unspecified atom stereocenters. The van der Waals surface area contributed by atoms with Crippen molar-refractivity contribution in [2.45, 2.75) is 56.7 Å². The summed E-state index contributed by atoms with van der Waals surface area (Å²) in [5.41, 5.74) is -0.101. The maximum absolute atomic E-state index is 13.7. The Kier molecular flexibility index (Phi) is 3.99. The van der Waals surface area contributed by atoms with Gasteiger partial charge in [0.1, 0.15) is 6.17 Å². The first-order valence-corrected chi connectivity index (χ1v) is 5.23. The average Bonchev–Trinajstić information content (AvgIpc) is 2.12. The van der Waals surface area contributed by atoms with Gasteiger partial charge in [-0.25, -0.2) is 4.39 Å². The SMILES string of the molecule is Cl.FC1CCCNC12CCCCC2. The second-order valence-corrected chi connectivity index (χ2v) is 4.25. The molecule has 1 saturated heterocycles. The van der Waals surface area contributed by atoms with Gasteiger partial charge in [0, 0.05) is 5.54 Å². The first-order chi connectivity index (χ1) is 5.83. The fourth-order valence-corrected chi connectivity index (χ4v) is 2.68. The molecule has 13 heavy (non-hydrogen) atoms.